The first-order chi connectivity index (χ1) is 12.8. The number of aryl methyl sites for hydroxylation is 2. The topological polar surface area (TPSA) is 63.2 Å². The average molecular weight is 529 g/mol. The summed E-state index contributed by atoms with van der Waals surface area (Å²) in [7, 11) is 1.51. The molecule has 1 heterocycles. The van der Waals surface area contributed by atoms with Gasteiger partial charge < -0.3 is 10.1 Å². The zero-order valence-corrected chi connectivity index (χ0v) is 19.5. The molecule has 3 aromatic rings. The fraction of sp³-hybridized carbons (Fsp3) is 0.167. The van der Waals surface area contributed by atoms with Gasteiger partial charge in [-0.2, -0.15) is 0 Å². The number of thiocarbonyl (C=S) groups is 1. The lowest BCUT2D eigenvalue weighted by Crippen LogP contribution is -2.34. The smallest absolute Gasteiger partial charge is 0.261 e. The lowest BCUT2D eigenvalue weighted by atomic mass is 10.1. The number of fused-ring (bicyclic) bond motifs is 1. The molecule has 2 aromatic carbocycles. The maximum absolute atomic E-state index is 12.6. The van der Waals surface area contributed by atoms with Crippen LogP contribution in [0.3, 0.4) is 0 Å². The maximum atomic E-state index is 12.6. The highest BCUT2D eigenvalue weighted by atomic mass is 79.9. The van der Waals surface area contributed by atoms with Crippen LogP contribution in [0.1, 0.15) is 21.5 Å². The number of thiazole rings is 1. The Morgan fingerprint density at radius 2 is 1.96 bits per heavy atom. The van der Waals surface area contributed by atoms with Crippen LogP contribution in [0, 0.1) is 13.8 Å². The van der Waals surface area contributed by atoms with Gasteiger partial charge in [0.1, 0.15) is 5.75 Å². The molecule has 0 aliphatic carbocycles. The molecule has 0 aliphatic heterocycles. The number of aromatic nitrogens is 1. The van der Waals surface area contributed by atoms with Crippen molar-refractivity contribution in [2.75, 3.05) is 12.4 Å². The minimum absolute atomic E-state index is 0.173. The van der Waals surface area contributed by atoms with Gasteiger partial charge in [0.2, 0.25) is 0 Å². The summed E-state index contributed by atoms with van der Waals surface area (Å²) in [4.78, 5) is 17.2. The first-order valence-electron chi connectivity index (χ1n) is 7.81. The molecule has 0 aliphatic rings. The number of carbonyl (C=O) groups excluding carboxylic acids is 1. The number of nitrogens with one attached hydrogen (secondary N) is 2. The standard InChI is InChI=1S/C18H15Br2N3O2S2/c1-8-4-9(2)14-13(5-8)27-18(21-14)23-17(26)22-16(24)11-6-10(19)7-12(20)15(11)25-3/h4-7H,1-3H3,(H2,21,22,23,24,26). The number of anilines is 1. The summed E-state index contributed by atoms with van der Waals surface area (Å²) in [5.41, 5.74) is 3.57. The molecule has 0 atom stereocenters. The second-order valence-corrected chi connectivity index (χ2v) is 9.03. The largest absolute Gasteiger partial charge is 0.495 e. The van der Waals surface area contributed by atoms with Gasteiger partial charge in [0.05, 0.1) is 27.4 Å². The Morgan fingerprint density at radius 3 is 2.67 bits per heavy atom. The van der Waals surface area contributed by atoms with Gasteiger partial charge in [-0.1, -0.05) is 33.3 Å². The van der Waals surface area contributed by atoms with Crippen molar-refractivity contribution in [3.8, 4) is 5.75 Å². The summed E-state index contributed by atoms with van der Waals surface area (Å²) in [6, 6.07) is 7.64. The molecule has 140 valence electrons. The van der Waals surface area contributed by atoms with Gasteiger partial charge in [0, 0.05) is 4.47 Å². The summed E-state index contributed by atoms with van der Waals surface area (Å²) >= 11 is 13.5. The van der Waals surface area contributed by atoms with Crippen LogP contribution in [-0.4, -0.2) is 23.1 Å². The van der Waals surface area contributed by atoms with Crippen molar-refractivity contribution in [3.63, 3.8) is 0 Å². The third kappa shape index (κ3) is 4.48. The van der Waals surface area contributed by atoms with Crippen LogP contribution >= 0.6 is 55.4 Å². The second kappa shape index (κ2) is 8.22. The number of halogens is 2. The van der Waals surface area contributed by atoms with E-state index in [9.17, 15) is 4.79 Å². The maximum Gasteiger partial charge on any atom is 0.261 e. The van der Waals surface area contributed by atoms with Crippen molar-refractivity contribution in [1.29, 1.82) is 0 Å². The Morgan fingerprint density at radius 1 is 1.22 bits per heavy atom. The molecule has 0 bridgehead atoms. The van der Waals surface area contributed by atoms with E-state index in [2.05, 4.69) is 59.6 Å². The fourth-order valence-corrected chi connectivity index (χ4v) is 5.35. The molecule has 5 nitrogen and oxygen atoms in total. The Labute approximate surface area is 182 Å². The Hall–Kier alpha value is -1.55. The molecule has 0 unspecified atom stereocenters. The van der Waals surface area contributed by atoms with Crippen molar-refractivity contribution in [1.82, 2.24) is 10.3 Å². The number of methoxy groups -OCH3 is 1. The predicted octanol–water partition coefficient (Wildman–Crippen LogP) is 5.57. The molecular formula is C18H15Br2N3O2S2. The summed E-state index contributed by atoms with van der Waals surface area (Å²) in [6.45, 7) is 4.07. The van der Waals surface area contributed by atoms with E-state index in [4.69, 9.17) is 17.0 Å². The molecule has 0 spiro atoms. The summed E-state index contributed by atoms with van der Waals surface area (Å²) in [5, 5.41) is 6.46. The molecule has 27 heavy (non-hydrogen) atoms. The Bertz CT molecular complexity index is 1070. The van der Waals surface area contributed by atoms with Crippen LogP contribution in [0.15, 0.2) is 33.2 Å². The van der Waals surface area contributed by atoms with Crippen LogP contribution in [0.25, 0.3) is 10.2 Å². The summed E-state index contributed by atoms with van der Waals surface area (Å²) in [6.07, 6.45) is 0. The molecule has 1 aromatic heterocycles. The van der Waals surface area contributed by atoms with Gasteiger partial charge in [-0.15, -0.1) is 0 Å². The van der Waals surface area contributed by atoms with Crippen molar-refractivity contribution < 1.29 is 9.53 Å². The fourth-order valence-electron chi connectivity index (χ4n) is 2.66. The SMILES string of the molecule is COc1c(Br)cc(Br)cc1C(=O)NC(=S)Nc1nc2c(C)cc(C)cc2s1. The van der Waals surface area contributed by atoms with Crippen LogP contribution in [0.4, 0.5) is 5.13 Å². The lowest BCUT2D eigenvalue weighted by molar-refractivity contribution is 0.0974. The van der Waals surface area contributed by atoms with E-state index in [0.29, 0.717) is 20.9 Å². The summed E-state index contributed by atoms with van der Waals surface area (Å²) < 4.78 is 7.80. The molecule has 1 amide bonds. The van der Waals surface area contributed by atoms with Crippen LogP contribution in [0.2, 0.25) is 0 Å². The monoisotopic (exact) mass is 527 g/mol. The number of carbonyl (C=O) groups is 1. The third-order valence-electron chi connectivity index (χ3n) is 3.73. The highest BCUT2D eigenvalue weighted by Crippen LogP contribution is 2.33. The normalized spacial score (nSPS) is 10.7. The van der Waals surface area contributed by atoms with Gasteiger partial charge >= 0.3 is 0 Å². The van der Waals surface area contributed by atoms with Crippen molar-refractivity contribution in [2.45, 2.75) is 13.8 Å². The van der Waals surface area contributed by atoms with Crippen molar-refractivity contribution in [3.05, 3.63) is 49.9 Å². The minimum Gasteiger partial charge on any atom is -0.495 e. The van der Waals surface area contributed by atoms with E-state index in [0.717, 1.165) is 20.3 Å². The van der Waals surface area contributed by atoms with Gasteiger partial charge in [0.15, 0.2) is 10.2 Å². The molecule has 9 heteroatoms. The highest BCUT2D eigenvalue weighted by molar-refractivity contribution is 9.11. The molecule has 0 radical (unpaired) electrons. The third-order valence-corrected chi connectivity index (χ3v) is 5.90. The van der Waals surface area contributed by atoms with E-state index in [-0.39, 0.29) is 11.0 Å². The van der Waals surface area contributed by atoms with E-state index in [1.165, 1.54) is 24.0 Å². The second-order valence-electron chi connectivity index (χ2n) is 5.82. The molecular weight excluding hydrogens is 514 g/mol. The quantitative estimate of drug-likeness (QED) is 0.435. The molecule has 0 saturated carbocycles. The van der Waals surface area contributed by atoms with Gasteiger partial charge in [-0.25, -0.2) is 4.98 Å². The number of rotatable bonds is 3. The lowest BCUT2D eigenvalue weighted by Gasteiger charge is -2.12. The number of ether oxygens (including phenoxy) is 1. The van der Waals surface area contributed by atoms with Gasteiger partial charge in [-0.05, 0) is 71.3 Å². The average Bonchev–Trinajstić information content (AvgIpc) is 2.96. The van der Waals surface area contributed by atoms with E-state index in [1.54, 1.807) is 12.1 Å². The number of nitrogens with zero attached hydrogens (tertiary/aromatic N) is 1. The van der Waals surface area contributed by atoms with Gasteiger partial charge in [0.25, 0.3) is 5.91 Å². The van der Waals surface area contributed by atoms with Crippen molar-refractivity contribution in [2.24, 2.45) is 0 Å². The van der Waals surface area contributed by atoms with Crippen molar-refractivity contribution >= 4 is 81.8 Å². The number of amides is 1. The Kier molecular flexibility index (Phi) is 6.15. The summed E-state index contributed by atoms with van der Waals surface area (Å²) in [5.74, 6) is 0.0593. The minimum atomic E-state index is -0.375. The predicted molar refractivity (Wildman–Crippen MR) is 121 cm³/mol. The van der Waals surface area contributed by atoms with Gasteiger partial charge in [-0.3, -0.25) is 10.1 Å². The highest BCUT2D eigenvalue weighted by Gasteiger charge is 2.18. The number of hydrogen-bond donors (Lipinski definition) is 2. The van der Waals surface area contributed by atoms with E-state index in [1.807, 2.05) is 13.8 Å². The van der Waals surface area contributed by atoms with Crippen LogP contribution in [0.5, 0.6) is 5.75 Å². The Balaban J connectivity index is 1.78. The number of benzene rings is 2. The first-order valence-corrected chi connectivity index (χ1v) is 10.6. The van der Waals surface area contributed by atoms with E-state index < -0.39 is 0 Å². The van der Waals surface area contributed by atoms with Crippen LogP contribution in [-0.2, 0) is 0 Å². The van der Waals surface area contributed by atoms with E-state index >= 15 is 0 Å². The zero-order valence-electron chi connectivity index (χ0n) is 14.6. The first kappa shape index (κ1) is 20.2. The molecule has 2 N–H and O–H groups in total. The molecule has 0 fully saturated rings. The molecule has 0 saturated heterocycles. The number of hydrogen-bond acceptors (Lipinski definition) is 5. The molecule has 3 rings (SSSR count). The van der Waals surface area contributed by atoms with Crippen LogP contribution < -0.4 is 15.4 Å². The zero-order chi connectivity index (χ0) is 19.7.